The van der Waals surface area contributed by atoms with Crippen LogP contribution in [0.5, 0.6) is 11.5 Å². The predicted octanol–water partition coefficient (Wildman–Crippen LogP) is 4.36. The van der Waals surface area contributed by atoms with Crippen LogP contribution in [0.4, 0.5) is 0 Å². The van der Waals surface area contributed by atoms with Crippen molar-refractivity contribution in [2.45, 2.75) is 37.4 Å². The van der Waals surface area contributed by atoms with E-state index in [-0.39, 0.29) is 6.61 Å². The molecule has 2 heterocycles. The quantitative estimate of drug-likeness (QED) is 0.612. The third-order valence-electron chi connectivity index (χ3n) is 5.86. The molecule has 2 aliphatic rings. The lowest BCUT2D eigenvalue weighted by Gasteiger charge is -2.24. The number of rotatable bonds is 6. The fourth-order valence-electron chi connectivity index (χ4n) is 4.28. The second-order valence-electron chi connectivity index (χ2n) is 7.83. The van der Waals surface area contributed by atoms with E-state index < -0.39 is 12.2 Å². The molecule has 5 rings (SSSR count). The zero-order valence-electron chi connectivity index (χ0n) is 17.4. The van der Waals surface area contributed by atoms with Gasteiger partial charge in [-0.1, -0.05) is 23.7 Å². The Morgan fingerprint density at radius 1 is 1.10 bits per heavy atom. The fourth-order valence-corrected chi connectivity index (χ4v) is 4.46. The molecule has 0 amide bonds. The first kappa shape index (κ1) is 20.3. The lowest BCUT2D eigenvalue weighted by molar-refractivity contribution is -0.00985. The van der Waals surface area contributed by atoms with Gasteiger partial charge in [-0.25, -0.2) is 0 Å². The van der Waals surface area contributed by atoms with Crippen LogP contribution in [0.2, 0.25) is 5.02 Å². The topological polar surface area (TPSA) is 78.6 Å². The highest BCUT2D eigenvalue weighted by atomic mass is 35.5. The Labute approximate surface area is 185 Å². The minimum Gasteiger partial charge on any atom is -0.493 e. The number of ether oxygens (including phenoxy) is 3. The van der Waals surface area contributed by atoms with E-state index in [0.717, 1.165) is 35.5 Å². The van der Waals surface area contributed by atoms with Crippen molar-refractivity contribution in [1.82, 2.24) is 14.8 Å². The normalized spacial score (nSPS) is 20.0. The Hall–Kier alpha value is -2.61. The summed E-state index contributed by atoms with van der Waals surface area (Å²) >= 11 is 6.44. The Bertz CT molecular complexity index is 1110. The van der Waals surface area contributed by atoms with Gasteiger partial charge < -0.3 is 19.3 Å². The first-order chi connectivity index (χ1) is 15.2. The monoisotopic (exact) mass is 441 g/mol. The first-order valence-corrected chi connectivity index (χ1v) is 10.8. The molecule has 0 saturated heterocycles. The van der Waals surface area contributed by atoms with Gasteiger partial charge in [0.1, 0.15) is 18.0 Å². The van der Waals surface area contributed by atoms with Crippen LogP contribution in [0.15, 0.2) is 36.4 Å². The number of aliphatic hydroxyl groups excluding tert-OH is 1. The van der Waals surface area contributed by atoms with Crippen molar-refractivity contribution >= 4 is 11.6 Å². The SMILES string of the molecule is COc1cccc([C@@H]2O[C@@H](CCO)c3nnc(C4CC4)n3-c3ccc(Cl)cc32)c1OC. The number of methoxy groups -OCH3 is 2. The number of aliphatic hydroxyl groups is 1. The maximum absolute atomic E-state index is 9.76. The molecule has 162 valence electrons. The van der Waals surface area contributed by atoms with Crippen LogP contribution in [0.3, 0.4) is 0 Å². The highest BCUT2D eigenvalue weighted by Crippen LogP contribution is 2.48. The molecule has 0 bridgehead atoms. The molecule has 1 aromatic heterocycles. The molecule has 0 spiro atoms. The lowest BCUT2D eigenvalue weighted by Crippen LogP contribution is -2.14. The number of nitrogens with zero attached hydrogens (tertiary/aromatic N) is 3. The van der Waals surface area contributed by atoms with Gasteiger partial charge in [-0.05, 0) is 37.1 Å². The molecular formula is C23H24ClN3O4. The molecule has 2 atom stereocenters. The number of aromatic nitrogens is 3. The Kier molecular flexibility index (Phi) is 5.33. The standard InChI is InChI=1S/C23H24ClN3O4/c1-29-18-5-3-4-15(21(18)30-2)20-16-12-14(24)8-9-17(16)27-22(13-6-7-13)25-26-23(27)19(31-20)10-11-28/h3-5,8-9,12-13,19-20,28H,6-7,10-11H2,1-2H3/t19-,20-/m0/s1. The molecule has 2 aromatic carbocycles. The van der Waals surface area contributed by atoms with Crippen molar-refractivity contribution in [1.29, 1.82) is 0 Å². The van der Waals surface area contributed by atoms with Crippen LogP contribution < -0.4 is 9.47 Å². The van der Waals surface area contributed by atoms with Crippen LogP contribution >= 0.6 is 11.6 Å². The summed E-state index contributed by atoms with van der Waals surface area (Å²) in [5.41, 5.74) is 2.64. The summed E-state index contributed by atoms with van der Waals surface area (Å²) in [7, 11) is 3.22. The number of fused-ring (bicyclic) bond motifs is 3. The largest absolute Gasteiger partial charge is 0.493 e. The van der Waals surface area contributed by atoms with Gasteiger partial charge in [0.15, 0.2) is 17.3 Å². The van der Waals surface area contributed by atoms with Gasteiger partial charge in [-0.15, -0.1) is 10.2 Å². The summed E-state index contributed by atoms with van der Waals surface area (Å²) in [5.74, 6) is 3.24. The summed E-state index contributed by atoms with van der Waals surface area (Å²) < 4.78 is 19.9. The van der Waals surface area contributed by atoms with Crippen molar-refractivity contribution in [2.75, 3.05) is 20.8 Å². The Morgan fingerprint density at radius 2 is 1.90 bits per heavy atom. The summed E-state index contributed by atoms with van der Waals surface area (Å²) in [5, 5.41) is 19.4. The van der Waals surface area contributed by atoms with Crippen LogP contribution in [0.25, 0.3) is 5.69 Å². The van der Waals surface area contributed by atoms with Crippen molar-refractivity contribution in [2.24, 2.45) is 0 Å². The summed E-state index contributed by atoms with van der Waals surface area (Å²) in [6, 6.07) is 11.5. The van der Waals surface area contributed by atoms with E-state index in [1.54, 1.807) is 14.2 Å². The van der Waals surface area contributed by atoms with Gasteiger partial charge in [-0.2, -0.15) is 0 Å². The molecule has 7 nitrogen and oxygen atoms in total. The molecule has 1 saturated carbocycles. The van der Waals surface area contributed by atoms with Crippen LogP contribution in [-0.2, 0) is 4.74 Å². The van der Waals surface area contributed by atoms with Gasteiger partial charge in [0.2, 0.25) is 0 Å². The lowest BCUT2D eigenvalue weighted by atomic mass is 9.98. The third kappa shape index (κ3) is 3.46. The minimum atomic E-state index is -0.496. The predicted molar refractivity (Wildman–Crippen MR) is 115 cm³/mol. The zero-order valence-corrected chi connectivity index (χ0v) is 18.2. The smallest absolute Gasteiger partial charge is 0.167 e. The van der Waals surface area contributed by atoms with Crippen LogP contribution in [0.1, 0.15) is 60.2 Å². The maximum atomic E-state index is 9.76. The molecule has 1 N–H and O–H groups in total. The summed E-state index contributed by atoms with van der Waals surface area (Å²) in [6.07, 6.45) is 1.65. The van der Waals surface area contributed by atoms with Crippen molar-refractivity contribution < 1.29 is 19.3 Å². The highest BCUT2D eigenvalue weighted by molar-refractivity contribution is 6.30. The van der Waals surface area contributed by atoms with Gasteiger partial charge >= 0.3 is 0 Å². The van der Waals surface area contributed by atoms with E-state index in [1.807, 2.05) is 36.4 Å². The van der Waals surface area contributed by atoms with Gasteiger partial charge in [-0.3, -0.25) is 4.57 Å². The molecule has 0 unspecified atom stereocenters. The molecule has 8 heteroatoms. The summed E-state index contributed by atoms with van der Waals surface area (Å²) in [4.78, 5) is 0. The number of halogens is 1. The van der Waals surface area contributed by atoms with Gasteiger partial charge in [0.05, 0.1) is 19.9 Å². The summed E-state index contributed by atoms with van der Waals surface area (Å²) in [6.45, 7) is -0.0324. The van der Waals surface area contributed by atoms with Crippen molar-refractivity contribution in [3.05, 3.63) is 64.2 Å². The van der Waals surface area contributed by atoms with Gasteiger partial charge in [0, 0.05) is 35.1 Å². The second-order valence-corrected chi connectivity index (χ2v) is 8.27. The van der Waals surface area contributed by atoms with Crippen LogP contribution in [0, 0.1) is 0 Å². The molecule has 1 aliphatic heterocycles. The number of benzene rings is 2. The molecular weight excluding hydrogens is 418 g/mol. The average Bonchev–Trinajstić information content (AvgIpc) is 3.56. The second kappa shape index (κ2) is 8.15. The van der Waals surface area contributed by atoms with Crippen molar-refractivity contribution in [3.8, 4) is 17.2 Å². The minimum absolute atomic E-state index is 0.0324. The molecule has 31 heavy (non-hydrogen) atoms. The Morgan fingerprint density at radius 3 is 2.61 bits per heavy atom. The van der Waals surface area contributed by atoms with E-state index >= 15 is 0 Å². The van der Waals surface area contributed by atoms with E-state index in [9.17, 15) is 5.11 Å². The average molecular weight is 442 g/mol. The number of hydrogen-bond donors (Lipinski definition) is 1. The van der Waals surface area contributed by atoms with E-state index in [4.69, 9.17) is 25.8 Å². The van der Waals surface area contributed by atoms with Crippen molar-refractivity contribution in [3.63, 3.8) is 0 Å². The maximum Gasteiger partial charge on any atom is 0.167 e. The van der Waals surface area contributed by atoms with Gasteiger partial charge in [0.25, 0.3) is 0 Å². The number of hydrogen-bond acceptors (Lipinski definition) is 6. The first-order valence-electron chi connectivity index (χ1n) is 10.4. The molecule has 3 aromatic rings. The zero-order chi connectivity index (χ0) is 21.5. The Balaban J connectivity index is 1.76. The van der Waals surface area contributed by atoms with E-state index in [1.165, 1.54) is 0 Å². The fraction of sp³-hybridized carbons (Fsp3) is 0.391. The van der Waals surface area contributed by atoms with Crippen LogP contribution in [-0.4, -0.2) is 40.7 Å². The molecule has 1 fully saturated rings. The molecule has 1 aliphatic carbocycles. The third-order valence-corrected chi connectivity index (χ3v) is 6.10. The van der Waals surface area contributed by atoms with E-state index in [2.05, 4.69) is 14.8 Å². The highest BCUT2D eigenvalue weighted by Gasteiger charge is 2.38. The molecule has 0 radical (unpaired) electrons. The number of para-hydroxylation sites is 1. The van der Waals surface area contributed by atoms with E-state index in [0.29, 0.717) is 34.7 Å².